The van der Waals surface area contributed by atoms with Crippen LogP contribution in [0, 0.1) is 5.92 Å². The Bertz CT molecular complexity index is 1560. The Hall–Kier alpha value is -3.04. The van der Waals surface area contributed by atoms with Crippen molar-refractivity contribution in [3.05, 3.63) is 77.8 Å². The Balaban J connectivity index is 1.72. The summed E-state index contributed by atoms with van der Waals surface area (Å²) in [5, 5.41) is 2.83. The Morgan fingerprint density at radius 3 is 2.81 bits per heavy atom. The normalized spacial score (nSPS) is 26.3. The molecule has 3 aromatic rings. The van der Waals surface area contributed by atoms with Crippen molar-refractivity contribution in [2.45, 2.75) is 25.6 Å². The van der Waals surface area contributed by atoms with E-state index in [2.05, 4.69) is 21.2 Å². The van der Waals surface area contributed by atoms with Crippen molar-refractivity contribution in [3.63, 3.8) is 0 Å². The van der Waals surface area contributed by atoms with Crippen molar-refractivity contribution in [2.75, 3.05) is 5.32 Å². The zero-order valence-electron chi connectivity index (χ0n) is 17.0. The number of nitrogens with zero attached hydrogens (tertiary/aromatic N) is 2. The predicted octanol–water partition coefficient (Wildman–Crippen LogP) is 2.36. The number of benzene rings is 2. The van der Waals surface area contributed by atoms with E-state index in [9.17, 15) is 14.4 Å². The zero-order valence-corrected chi connectivity index (χ0v) is 19.4. The van der Waals surface area contributed by atoms with Gasteiger partial charge in [0.2, 0.25) is 5.72 Å². The van der Waals surface area contributed by atoms with Crippen LogP contribution in [0.3, 0.4) is 0 Å². The van der Waals surface area contributed by atoms with E-state index < -0.39 is 17.7 Å². The van der Waals surface area contributed by atoms with E-state index in [1.807, 2.05) is 36.4 Å². The number of aromatic nitrogens is 1. The first-order valence-electron chi connectivity index (χ1n) is 10.0. The van der Waals surface area contributed by atoms with Gasteiger partial charge in [0.25, 0.3) is 11.5 Å². The van der Waals surface area contributed by atoms with E-state index in [4.69, 9.17) is 9.73 Å². The van der Waals surface area contributed by atoms with Gasteiger partial charge in [-0.15, -0.1) is 0 Å². The summed E-state index contributed by atoms with van der Waals surface area (Å²) in [6.45, 7) is 3.27. The molecule has 3 unspecified atom stereocenters. The molecule has 7 nitrogen and oxygen atoms in total. The summed E-state index contributed by atoms with van der Waals surface area (Å²) >= 11 is 4.60. The van der Waals surface area contributed by atoms with E-state index in [0.29, 0.717) is 31.9 Å². The van der Waals surface area contributed by atoms with Gasteiger partial charge >= 0.3 is 0 Å². The highest BCUT2D eigenvalue weighted by Crippen LogP contribution is 2.47. The maximum absolute atomic E-state index is 13.8. The summed E-state index contributed by atoms with van der Waals surface area (Å²) in [4.78, 5) is 44.5. The summed E-state index contributed by atoms with van der Waals surface area (Å²) in [6, 6.07) is 12.3. The van der Waals surface area contributed by atoms with Crippen molar-refractivity contribution >= 4 is 50.2 Å². The first kappa shape index (κ1) is 19.6. The van der Waals surface area contributed by atoms with Crippen LogP contribution in [0.4, 0.5) is 5.69 Å². The first-order chi connectivity index (χ1) is 15.3. The lowest BCUT2D eigenvalue weighted by atomic mass is 9.79. The SMILES string of the molecule is CC(=O)C1C2c3ccccc3OC1(C)N=c1s/c(=C3\C(=O)Nc4ccc(Br)cc43)c(=O)n12. The molecule has 1 aromatic heterocycles. The number of para-hydroxylation sites is 1. The fourth-order valence-corrected chi connectivity index (χ4v) is 6.53. The van der Waals surface area contributed by atoms with Crippen molar-refractivity contribution in [1.82, 2.24) is 4.57 Å². The van der Waals surface area contributed by atoms with Gasteiger partial charge in [0, 0.05) is 21.3 Å². The van der Waals surface area contributed by atoms with Gasteiger partial charge in [-0.2, -0.15) is 0 Å². The number of halogens is 1. The van der Waals surface area contributed by atoms with Crippen LogP contribution in [0.25, 0.3) is 5.57 Å². The van der Waals surface area contributed by atoms with Crippen LogP contribution in [0.5, 0.6) is 5.75 Å². The third kappa shape index (κ3) is 2.52. The summed E-state index contributed by atoms with van der Waals surface area (Å²) < 4.78 is 8.87. The zero-order chi connectivity index (χ0) is 22.4. The fraction of sp³-hybridized carbons (Fsp3) is 0.217. The lowest BCUT2D eigenvalue weighted by Crippen LogP contribution is -2.58. The number of hydrogen-bond acceptors (Lipinski definition) is 6. The number of ether oxygens (including phenoxy) is 1. The second-order valence-electron chi connectivity index (χ2n) is 8.25. The minimum absolute atomic E-state index is 0.110. The van der Waals surface area contributed by atoms with E-state index >= 15 is 0 Å². The van der Waals surface area contributed by atoms with Gasteiger partial charge in [-0.1, -0.05) is 45.5 Å². The smallest absolute Gasteiger partial charge is 0.271 e. The van der Waals surface area contributed by atoms with Crippen molar-refractivity contribution in [3.8, 4) is 5.75 Å². The minimum atomic E-state index is -1.14. The Morgan fingerprint density at radius 2 is 2.03 bits per heavy atom. The van der Waals surface area contributed by atoms with E-state index in [0.717, 1.165) is 21.4 Å². The second kappa shape index (κ2) is 6.49. The molecule has 160 valence electrons. The molecule has 4 heterocycles. The molecule has 3 aliphatic rings. The van der Waals surface area contributed by atoms with Crippen LogP contribution in [0.15, 0.2) is 56.7 Å². The van der Waals surface area contributed by atoms with Crippen molar-refractivity contribution in [2.24, 2.45) is 10.9 Å². The molecule has 2 aromatic carbocycles. The van der Waals surface area contributed by atoms with Crippen LogP contribution in [0.2, 0.25) is 0 Å². The maximum Gasteiger partial charge on any atom is 0.271 e. The summed E-state index contributed by atoms with van der Waals surface area (Å²) in [5.41, 5.74) is 0.930. The highest BCUT2D eigenvalue weighted by molar-refractivity contribution is 9.10. The molecule has 2 bridgehead atoms. The fourth-order valence-electron chi connectivity index (χ4n) is 4.97. The topological polar surface area (TPSA) is 89.8 Å². The summed E-state index contributed by atoms with van der Waals surface area (Å²) in [5.74, 6) is -0.495. The Morgan fingerprint density at radius 1 is 1.25 bits per heavy atom. The highest BCUT2D eigenvalue weighted by atomic mass is 79.9. The number of Topliss-reactive ketones (excluding diaryl/α,β-unsaturated/α-hetero) is 1. The van der Waals surface area contributed by atoms with Crippen LogP contribution in [-0.2, 0) is 9.59 Å². The standard InChI is InChI=1S/C23H16BrN3O4S/c1-10(28)17-18-12-5-3-4-6-15(12)31-23(17,2)26-22-27(18)21(30)19(32-22)16-13-9-11(24)7-8-14(13)25-20(16)29/h3-9,17-18H,1-2H3,(H,25,29)/b19-16-. The Kier molecular flexibility index (Phi) is 3.98. The summed E-state index contributed by atoms with van der Waals surface area (Å²) in [7, 11) is 0. The number of anilines is 1. The molecule has 0 saturated carbocycles. The quantitative estimate of drug-likeness (QED) is 0.545. The van der Waals surface area contributed by atoms with Crippen LogP contribution in [0.1, 0.15) is 31.0 Å². The molecule has 1 N–H and O–H groups in total. The maximum atomic E-state index is 13.8. The van der Waals surface area contributed by atoms with E-state index in [-0.39, 0.29) is 17.2 Å². The van der Waals surface area contributed by atoms with Crippen LogP contribution >= 0.6 is 27.3 Å². The Labute approximate surface area is 194 Å². The minimum Gasteiger partial charge on any atom is -0.465 e. The van der Waals surface area contributed by atoms with Gasteiger partial charge in [-0.3, -0.25) is 19.0 Å². The number of thiazole rings is 1. The molecule has 1 amide bonds. The van der Waals surface area contributed by atoms with Gasteiger partial charge in [0.1, 0.15) is 22.0 Å². The van der Waals surface area contributed by atoms with Gasteiger partial charge < -0.3 is 10.1 Å². The molecular weight excluding hydrogens is 494 g/mol. The first-order valence-corrected chi connectivity index (χ1v) is 11.6. The molecule has 3 aliphatic heterocycles. The van der Waals surface area contributed by atoms with E-state index in [1.54, 1.807) is 17.6 Å². The van der Waals surface area contributed by atoms with Gasteiger partial charge in [-0.25, -0.2) is 4.99 Å². The number of amides is 1. The van der Waals surface area contributed by atoms with Gasteiger partial charge in [0.05, 0.1) is 11.6 Å². The second-order valence-corrected chi connectivity index (χ2v) is 10.1. The number of ketones is 1. The number of fused-ring (bicyclic) bond motifs is 7. The highest BCUT2D eigenvalue weighted by Gasteiger charge is 2.53. The molecule has 6 rings (SSSR count). The monoisotopic (exact) mass is 509 g/mol. The predicted molar refractivity (Wildman–Crippen MR) is 122 cm³/mol. The average molecular weight is 510 g/mol. The number of rotatable bonds is 1. The summed E-state index contributed by atoms with van der Waals surface area (Å²) in [6.07, 6.45) is 0. The molecule has 0 fully saturated rings. The van der Waals surface area contributed by atoms with Crippen molar-refractivity contribution in [1.29, 1.82) is 0 Å². The number of nitrogens with one attached hydrogen (secondary N) is 1. The average Bonchev–Trinajstić information content (AvgIpc) is 3.21. The molecule has 0 radical (unpaired) electrons. The molecule has 32 heavy (non-hydrogen) atoms. The third-order valence-corrected chi connectivity index (χ3v) is 7.79. The molecule has 9 heteroatoms. The molecular formula is C23H16BrN3O4S. The van der Waals surface area contributed by atoms with Gasteiger partial charge in [0.15, 0.2) is 4.80 Å². The molecule has 0 aliphatic carbocycles. The third-order valence-electron chi connectivity index (χ3n) is 6.25. The van der Waals surface area contributed by atoms with Crippen LogP contribution < -0.4 is 24.9 Å². The molecule has 0 spiro atoms. The number of carbonyl (C=O) groups excluding carboxylic acids is 2. The lowest BCUT2D eigenvalue weighted by molar-refractivity contribution is -0.132. The lowest BCUT2D eigenvalue weighted by Gasteiger charge is -2.45. The van der Waals surface area contributed by atoms with Crippen molar-refractivity contribution < 1.29 is 14.3 Å². The van der Waals surface area contributed by atoms with Crippen LogP contribution in [-0.4, -0.2) is 22.0 Å². The molecule has 0 saturated heterocycles. The van der Waals surface area contributed by atoms with E-state index in [1.165, 1.54) is 6.92 Å². The largest absolute Gasteiger partial charge is 0.465 e. The number of carbonyl (C=O) groups is 2. The van der Waals surface area contributed by atoms with Gasteiger partial charge in [-0.05, 0) is 38.1 Å². The molecule has 3 atom stereocenters. The number of hydrogen-bond donors (Lipinski definition) is 1.